The van der Waals surface area contributed by atoms with E-state index < -0.39 is 26.8 Å². The molecule has 0 fully saturated rings. The van der Waals surface area contributed by atoms with E-state index in [2.05, 4.69) is 23.9 Å². The summed E-state index contributed by atoms with van der Waals surface area (Å²) in [6, 6.07) is 9.26. The van der Waals surface area contributed by atoms with E-state index in [9.17, 15) is 22.8 Å². The van der Waals surface area contributed by atoms with Crippen molar-refractivity contribution in [2.45, 2.75) is 72.9 Å². The summed E-state index contributed by atoms with van der Waals surface area (Å²) in [7, 11) is -3.13. The molecule has 0 spiro atoms. The van der Waals surface area contributed by atoms with Gasteiger partial charge in [-0.15, -0.1) is 11.3 Å². The molecular weight excluding hydrogens is 540 g/mol. The van der Waals surface area contributed by atoms with E-state index >= 15 is 0 Å². The third kappa shape index (κ3) is 8.12. The number of Topliss-reactive ketones (excluding diaryl/α,β-unsaturated/α-hetero) is 1. The zero-order valence-corrected chi connectivity index (χ0v) is 25.4. The molecule has 2 aromatic rings. The van der Waals surface area contributed by atoms with Crippen molar-refractivity contribution >= 4 is 43.4 Å². The second-order valence-corrected chi connectivity index (χ2v) is 12.9. The number of benzene rings is 1. The lowest BCUT2D eigenvalue weighted by molar-refractivity contribution is -0.155. The van der Waals surface area contributed by atoms with Gasteiger partial charge in [-0.3, -0.25) is 14.8 Å². The standard InChI is InChI=1S/C28H40N2O7S2/c1-8-9-14-37-27(33)39(34,35)30-25-24(16-23(38-25)15-18(2)3)22-12-10-21(11-13-22)17-29-28(19(4)5,20(6)31)26(32)36-7/h10-13,16,18-19,29-30H,8-9,14-15,17H2,1-7H3. The van der Waals surface area contributed by atoms with E-state index in [4.69, 9.17) is 9.47 Å². The Morgan fingerprint density at radius 2 is 1.72 bits per heavy atom. The molecule has 1 heterocycles. The van der Waals surface area contributed by atoms with E-state index in [1.807, 2.05) is 37.3 Å². The third-order valence-corrected chi connectivity index (χ3v) is 8.55. The normalized spacial score (nSPS) is 13.3. The summed E-state index contributed by atoms with van der Waals surface area (Å²) in [5.41, 5.74) is 0.740. The average Bonchev–Trinajstić information content (AvgIpc) is 3.24. The maximum Gasteiger partial charge on any atom is 0.445 e. The number of hydrogen-bond acceptors (Lipinski definition) is 9. The first-order valence-electron chi connectivity index (χ1n) is 13.0. The lowest BCUT2D eigenvalue weighted by Gasteiger charge is -2.33. The van der Waals surface area contributed by atoms with Gasteiger partial charge in [-0.2, -0.15) is 8.42 Å². The van der Waals surface area contributed by atoms with E-state index in [0.29, 0.717) is 22.9 Å². The summed E-state index contributed by atoms with van der Waals surface area (Å²) >= 11 is 1.29. The highest BCUT2D eigenvalue weighted by Gasteiger charge is 2.47. The van der Waals surface area contributed by atoms with Gasteiger partial charge in [-0.1, -0.05) is 65.3 Å². The largest absolute Gasteiger partial charge is 0.467 e. The highest BCUT2D eigenvalue weighted by molar-refractivity contribution is 8.07. The Hall–Kier alpha value is -2.76. The molecule has 0 radical (unpaired) electrons. The molecule has 1 atom stereocenters. The molecule has 1 unspecified atom stereocenters. The molecule has 0 amide bonds. The Morgan fingerprint density at radius 1 is 1.08 bits per heavy atom. The number of sulfonamides is 1. The van der Waals surface area contributed by atoms with Gasteiger partial charge in [-0.05, 0) is 48.8 Å². The summed E-state index contributed by atoms with van der Waals surface area (Å²) in [5, 5.41) is 2.13. The molecule has 0 saturated carbocycles. The van der Waals surface area contributed by atoms with Gasteiger partial charge in [0.2, 0.25) is 0 Å². The van der Waals surface area contributed by atoms with Crippen LogP contribution < -0.4 is 10.0 Å². The van der Waals surface area contributed by atoms with Crippen molar-refractivity contribution in [3.63, 3.8) is 0 Å². The summed E-state index contributed by atoms with van der Waals surface area (Å²) in [6.07, 6.45) is 2.10. The van der Waals surface area contributed by atoms with E-state index in [1.54, 1.807) is 13.8 Å². The van der Waals surface area contributed by atoms with Crippen molar-refractivity contribution in [3.05, 3.63) is 40.8 Å². The third-order valence-electron chi connectivity index (χ3n) is 6.32. The van der Waals surface area contributed by atoms with Crippen molar-refractivity contribution in [1.29, 1.82) is 0 Å². The zero-order chi connectivity index (χ0) is 29.4. The number of unbranched alkanes of at least 4 members (excludes halogenated alkanes) is 1. The number of ether oxygens (including phenoxy) is 2. The first-order valence-corrected chi connectivity index (χ1v) is 15.3. The van der Waals surface area contributed by atoms with Crippen molar-refractivity contribution < 1.29 is 32.3 Å². The molecule has 216 valence electrons. The van der Waals surface area contributed by atoms with Crippen LogP contribution in [-0.2, 0) is 42.1 Å². The van der Waals surface area contributed by atoms with E-state index in [0.717, 1.165) is 28.8 Å². The molecule has 2 N–H and O–H groups in total. The first-order chi connectivity index (χ1) is 18.3. The minimum atomic E-state index is -4.39. The van der Waals surface area contributed by atoms with Gasteiger partial charge in [0.05, 0.1) is 13.7 Å². The summed E-state index contributed by atoms with van der Waals surface area (Å²) in [4.78, 5) is 38.2. The lowest BCUT2D eigenvalue weighted by atomic mass is 9.82. The van der Waals surface area contributed by atoms with Gasteiger partial charge in [0.15, 0.2) is 11.3 Å². The monoisotopic (exact) mass is 580 g/mol. The Bertz CT molecular complexity index is 1250. The Morgan fingerprint density at radius 3 is 2.23 bits per heavy atom. The van der Waals surface area contributed by atoms with Crippen LogP contribution in [0.5, 0.6) is 0 Å². The topological polar surface area (TPSA) is 128 Å². The van der Waals surface area contributed by atoms with Gasteiger partial charge < -0.3 is 9.47 Å². The maximum atomic E-state index is 12.7. The minimum absolute atomic E-state index is 0.0410. The predicted molar refractivity (Wildman–Crippen MR) is 154 cm³/mol. The first kappa shape index (κ1) is 32.5. The second-order valence-electron chi connectivity index (χ2n) is 10.2. The molecule has 0 aliphatic rings. The maximum absolute atomic E-state index is 12.7. The van der Waals surface area contributed by atoms with Crippen molar-refractivity contribution in [1.82, 2.24) is 5.32 Å². The van der Waals surface area contributed by atoms with E-state index in [1.165, 1.54) is 25.4 Å². The number of anilines is 1. The number of thiophene rings is 1. The van der Waals surface area contributed by atoms with Crippen LogP contribution >= 0.6 is 11.3 Å². The molecule has 0 bridgehead atoms. The van der Waals surface area contributed by atoms with Crippen LogP contribution in [0.1, 0.15) is 64.8 Å². The molecule has 2 rings (SSSR count). The van der Waals surface area contributed by atoms with Crippen molar-refractivity contribution in [2.24, 2.45) is 11.8 Å². The smallest absolute Gasteiger partial charge is 0.445 e. The van der Waals surface area contributed by atoms with Crippen LogP contribution in [0.4, 0.5) is 9.80 Å². The predicted octanol–water partition coefficient (Wildman–Crippen LogP) is 5.54. The number of ketones is 1. The zero-order valence-electron chi connectivity index (χ0n) is 23.8. The number of carbonyl (C=O) groups excluding carboxylic acids is 3. The van der Waals surface area contributed by atoms with Gasteiger partial charge in [0.1, 0.15) is 5.00 Å². The number of hydrogen-bond donors (Lipinski definition) is 2. The number of esters is 1. The SMILES string of the molecule is CCCCOC(=O)S(=O)(=O)Nc1sc(CC(C)C)cc1-c1ccc(CNC(C(C)=O)(C(=O)OC)C(C)C)cc1. The average molecular weight is 581 g/mol. The fraction of sp³-hybridized carbons (Fsp3) is 0.536. The fourth-order valence-electron chi connectivity index (χ4n) is 4.17. The summed E-state index contributed by atoms with van der Waals surface area (Å²) in [5.74, 6) is -0.952. The summed E-state index contributed by atoms with van der Waals surface area (Å²) in [6.45, 7) is 11.3. The quantitative estimate of drug-likeness (QED) is 0.169. The molecular formula is C28H40N2O7S2. The van der Waals surface area contributed by atoms with Gasteiger partial charge in [-0.25, -0.2) is 9.59 Å². The molecule has 0 saturated heterocycles. The van der Waals surface area contributed by atoms with Crippen LogP contribution in [0, 0.1) is 11.8 Å². The highest BCUT2D eigenvalue weighted by Crippen LogP contribution is 2.38. The molecule has 0 aliphatic heterocycles. The summed E-state index contributed by atoms with van der Waals surface area (Å²) < 4.78 is 37.6. The Kier molecular flexibility index (Phi) is 11.7. The van der Waals surface area contributed by atoms with Crippen LogP contribution in [0.3, 0.4) is 0 Å². The Balaban J connectivity index is 2.34. The van der Waals surface area contributed by atoms with E-state index in [-0.39, 0.29) is 24.9 Å². The molecule has 1 aromatic heterocycles. The molecule has 11 heteroatoms. The second kappa shape index (κ2) is 14.0. The van der Waals surface area contributed by atoms with Crippen molar-refractivity contribution in [3.8, 4) is 11.1 Å². The number of nitrogens with one attached hydrogen (secondary N) is 2. The Labute approximate surface area is 235 Å². The van der Waals surface area contributed by atoms with Crippen LogP contribution in [0.2, 0.25) is 0 Å². The number of carbonyl (C=O) groups is 3. The molecule has 39 heavy (non-hydrogen) atoms. The van der Waals surface area contributed by atoms with Crippen LogP contribution in [0.15, 0.2) is 30.3 Å². The van der Waals surface area contributed by atoms with Gasteiger partial charge in [0.25, 0.3) is 0 Å². The van der Waals surface area contributed by atoms with Crippen LogP contribution in [-0.4, -0.2) is 44.7 Å². The molecule has 0 aliphatic carbocycles. The minimum Gasteiger partial charge on any atom is -0.467 e. The lowest BCUT2D eigenvalue weighted by Crippen LogP contribution is -2.61. The number of methoxy groups -OCH3 is 1. The molecule has 9 nitrogen and oxygen atoms in total. The van der Waals surface area contributed by atoms with Gasteiger partial charge in [0, 0.05) is 17.0 Å². The van der Waals surface area contributed by atoms with Crippen LogP contribution in [0.25, 0.3) is 11.1 Å². The highest BCUT2D eigenvalue weighted by atomic mass is 32.2. The fourth-order valence-corrected chi connectivity index (χ4v) is 6.48. The number of rotatable bonds is 14. The van der Waals surface area contributed by atoms with Crippen molar-refractivity contribution in [2.75, 3.05) is 18.4 Å². The van der Waals surface area contributed by atoms with Gasteiger partial charge >= 0.3 is 21.3 Å². The molecule has 1 aromatic carbocycles.